The maximum atomic E-state index is 4.32. The molecule has 90 valence electrons. The molecule has 4 nitrogen and oxygen atoms in total. The summed E-state index contributed by atoms with van der Waals surface area (Å²) in [5.41, 5.74) is 1.33. The summed E-state index contributed by atoms with van der Waals surface area (Å²) in [5.74, 6) is 0. The minimum absolute atomic E-state index is 0.667. The summed E-state index contributed by atoms with van der Waals surface area (Å²) in [6.45, 7) is 9.81. The van der Waals surface area contributed by atoms with E-state index in [-0.39, 0.29) is 0 Å². The fourth-order valence-corrected chi connectivity index (χ4v) is 2.19. The van der Waals surface area contributed by atoms with Crippen LogP contribution >= 0.6 is 0 Å². The molecule has 1 aliphatic heterocycles. The highest BCUT2D eigenvalue weighted by atomic mass is 15.3. The van der Waals surface area contributed by atoms with Crippen LogP contribution < -0.4 is 5.32 Å². The first kappa shape index (κ1) is 11.6. The number of aryl methyl sites for hydroxylation is 1. The zero-order valence-electron chi connectivity index (χ0n) is 10.3. The van der Waals surface area contributed by atoms with E-state index in [0.29, 0.717) is 6.04 Å². The average Bonchev–Trinajstić information content (AvgIpc) is 2.65. The third-order valence-electron chi connectivity index (χ3n) is 3.33. The Labute approximate surface area is 97.6 Å². The Morgan fingerprint density at radius 3 is 3.12 bits per heavy atom. The van der Waals surface area contributed by atoms with Crippen LogP contribution in [0.1, 0.15) is 25.8 Å². The predicted molar refractivity (Wildman–Crippen MR) is 65.3 cm³/mol. The Morgan fingerprint density at radius 1 is 1.50 bits per heavy atom. The van der Waals surface area contributed by atoms with E-state index in [9.17, 15) is 0 Å². The van der Waals surface area contributed by atoms with Crippen LogP contribution in [-0.4, -0.2) is 40.4 Å². The topological polar surface area (TPSA) is 33.1 Å². The molecular weight excluding hydrogens is 200 g/mol. The molecule has 0 saturated carbocycles. The second-order valence-electron chi connectivity index (χ2n) is 4.56. The van der Waals surface area contributed by atoms with Gasteiger partial charge in [0.15, 0.2) is 0 Å². The van der Waals surface area contributed by atoms with Crippen LogP contribution in [0.3, 0.4) is 0 Å². The first-order chi connectivity index (χ1) is 7.79. The molecule has 1 unspecified atom stereocenters. The molecule has 1 fully saturated rings. The van der Waals surface area contributed by atoms with Crippen molar-refractivity contribution in [2.75, 3.05) is 19.6 Å². The quantitative estimate of drug-likeness (QED) is 0.831. The van der Waals surface area contributed by atoms with E-state index in [4.69, 9.17) is 0 Å². The van der Waals surface area contributed by atoms with Crippen molar-refractivity contribution in [3.05, 3.63) is 18.0 Å². The molecule has 0 bridgehead atoms. The number of hydrogen-bond donors (Lipinski definition) is 1. The van der Waals surface area contributed by atoms with Gasteiger partial charge >= 0.3 is 0 Å². The highest BCUT2D eigenvalue weighted by Crippen LogP contribution is 2.11. The van der Waals surface area contributed by atoms with Gasteiger partial charge in [0.25, 0.3) is 0 Å². The van der Waals surface area contributed by atoms with Crippen molar-refractivity contribution >= 4 is 0 Å². The predicted octanol–water partition coefficient (Wildman–Crippen LogP) is 1.09. The summed E-state index contributed by atoms with van der Waals surface area (Å²) >= 11 is 0. The van der Waals surface area contributed by atoms with Crippen LogP contribution in [0.5, 0.6) is 0 Å². The molecule has 2 heterocycles. The van der Waals surface area contributed by atoms with Crippen LogP contribution in [0, 0.1) is 0 Å². The summed E-state index contributed by atoms with van der Waals surface area (Å²) in [5, 5.41) is 7.77. The third-order valence-corrected chi connectivity index (χ3v) is 3.33. The molecular formula is C12H22N4. The summed E-state index contributed by atoms with van der Waals surface area (Å²) in [7, 11) is 0. The Balaban J connectivity index is 1.96. The molecule has 0 aliphatic carbocycles. The van der Waals surface area contributed by atoms with Gasteiger partial charge in [0.1, 0.15) is 0 Å². The minimum Gasteiger partial charge on any atom is -0.315 e. The standard InChI is InChI=1S/C12H22N4/c1-3-16-10-12(8-14-16)9-15-7-6-13-5-4-11(15)2/h8,10-11,13H,3-7,9H2,1-2H3. The summed E-state index contributed by atoms with van der Waals surface area (Å²) in [6.07, 6.45) is 5.39. The lowest BCUT2D eigenvalue weighted by molar-refractivity contribution is 0.211. The van der Waals surface area contributed by atoms with Gasteiger partial charge in [0, 0.05) is 44.0 Å². The summed E-state index contributed by atoms with van der Waals surface area (Å²) in [4.78, 5) is 2.54. The second kappa shape index (κ2) is 5.46. The van der Waals surface area contributed by atoms with Gasteiger partial charge in [-0.15, -0.1) is 0 Å². The van der Waals surface area contributed by atoms with Gasteiger partial charge in [-0.25, -0.2) is 0 Å². The van der Waals surface area contributed by atoms with Gasteiger partial charge in [-0.2, -0.15) is 5.10 Å². The molecule has 1 aromatic rings. The van der Waals surface area contributed by atoms with Crippen LogP contribution in [0.25, 0.3) is 0 Å². The zero-order chi connectivity index (χ0) is 11.4. The fourth-order valence-electron chi connectivity index (χ4n) is 2.19. The molecule has 1 atom stereocenters. The van der Waals surface area contributed by atoms with E-state index >= 15 is 0 Å². The highest BCUT2D eigenvalue weighted by molar-refractivity contribution is 5.04. The number of aromatic nitrogens is 2. The maximum absolute atomic E-state index is 4.32. The lowest BCUT2D eigenvalue weighted by Gasteiger charge is -2.25. The fraction of sp³-hybridized carbons (Fsp3) is 0.750. The smallest absolute Gasteiger partial charge is 0.0534 e. The molecule has 4 heteroatoms. The number of nitrogens with zero attached hydrogens (tertiary/aromatic N) is 3. The molecule has 0 amide bonds. The van der Waals surface area contributed by atoms with Crippen molar-refractivity contribution in [2.24, 2.45) is 0 Å². The number of nitrogens with one attached hydrogen (secondary N) is 1. The van der Waals surface area contributed by atoms with E-state index in [1.807, 2.05) is 10.9 Å². The first-order valence-electron chi connectivity index (χ1n) is 6.25. The van der Waals surface area contributed by atoms with Crippen molar-refractivity contribution < 1.29 is 0 Å². The van der Waals surface area contributed by atoms with Gasteiger partial charge in [-0.3, -0.25) is 9.58 Å². The SMILES string of the molecule is CCn1cc(CN2CCNCCC2C)cn1. The average molecular weight is 222 g/mol. The van der Waals surface area contributed by atoms with Crippen LogP contribution in [0.4, 0.5) is 0 Å². The first-order valence-corrected chi connectivity index (χ1v) is 6.25. The third kappa shape index (κ3) is 2.83. The molecule has 1 saturated heterocycles. The molecule has 0 aromatic carbocycles. The minimum atomic E-state index is 0.667. The van der Waals surface area contributed by atoms with Crippen LogP contribution in [-0.2, 0) is 13.1 Å². The largest absolute Gasteiger partial charge is 0.315 e. The van der Waals surface area contributed by atoms with E-state index < -0.39 is 0 Å². The number of hydrogen-bond acceptors (Lipinski definition) is 3. The van der Waals surface area contributed by atoms with Crippen molar-refractivity contribution in [2.45, 2.75) is 39.4 Å². The molecule has 0 spiro atoms. The van der Waals surface area contributed by atoms with Crippen molar-refractivity contribution in [1.29, 1.82) is 0 Å². The van der Waals surface area contributed by atoms with Gasteiger partial charge in [-0.1, -0.05) is 0 Å². The molecule has 1 aliphatic rings. The molecule has 16 heavy (non-hydrogen) atoms. The Hall–Kier alpha value is -0.870. The van der Waals surface area contributed by atoms with E-state index in [0.717, 1.165) is 32.7 Å². The molecule has 2 rings (SSSR count). The summed E-state index contributed by atoms with van der Waals surface area (Å²) < 4.78 is 2.00. The van der Waals surface area contributed by atoms with E-state index in [2.05, 4.69) is 35.4 Å². The van der Waals surface area contributed by atoms with Gasteiger partial charge in [0.2, 0.25) is 0 Å². The lowest BCUT2D eigenvalue weighted by Crippen LogP contribution is -2.33. The summed E-state index contributed by atoms with van der Waals surface area (Å²) in [6, 6.07) is 0.667. The van der Waals surface area contributed by atoms with Crippen LogP contribution in [0.2, 0.25) is 0 Å². The zero-order valence-corrected chi connectivity index (χ0v) is 10.3. The monoisotopic (exact) mass is 222 g/mol. The number of rotatable bonds is 3. The van der Waals surface area contributed by atoms with Crippen molar-refractivity contribution in [3.8, 4) is 0 Å². The van der Waals surface area contributed by atoms with Gasteiger partial charge < -0.3 is 5.32 Å². The molecule has 1 aromatic heterocycles. The molecule has 0 radical (unpaired) electrons. The van der Waals surface area contributed by atoms with Crippen molar-refractivity contribution in [3.63, 3.8) is 0 Å². The van der Waals surface area contributed by atoms with Gasteiger partial charge in [0.05, 0.1) is 6.20 Å². The van der Waals surface area contributed by atoms with Crippen molar-refractivity contribution in [1.82, 2.24) is 20.0 Å². The Kier molecular flexibility index (Phi) is 3.96. The van der Waals surface area contributed by atoms with Crippen LogP contribution in [0.15, 0.2) is 12.4 Å². The Bertz CT molecular complexity index is 321. The Morgan fingerprint density at radius 2 is 2.38 bits per heavy atom. The lowest BCUT2D eigenvalue weighted by atomic mass is 10.2. The maximum Gasteiger partial charge on any atom is 0.0534 e. The molecule has 1 N–H and O–H groups in total. The highest BCUT2D eigenvalue weighted by Gasteiger charge is 2.16. The van der Waals surface area contributed by atoms with E-state index in [1.165, 1.54) is 12.0 Å². The second-order valence-corrected chi connectivity index (χ2v) is 4.56. The van der Waals surface area contributed by atoms with E-state index in [1.54, 1.807) is 0 Å². The van der Waals surface area contributed by atoms with Gasteiger partial charge in [-0.05, 0) is 26.8 Å². The normalized spacial score (nSPS) is 23.2.